The molecule has 1 aromatic carbocycles. The highest BCUT2D eigenvalue weighted by molar-refractivity contribution is 7.89. The van der Waals surface area contributed by atoms with Gasteiger partial charge >= 0.3 is 0 Å². The summed E-state index contributed by atoms with van der Waals surface area (Å²) in [5.74, 6) is -0.163. The maximum Gasteiger partial charge on any atom is 0.269 e. The van der Waals surface area contributed by atoms with Crippen molar-refractivity contribution in [1.29, 1.82) is 0 Å². The Morgan fingerprint density at radius 2 is 1.80 bits per heavy atom. The van der Waals surface area contributed by atoms with Crippen LogP contribution in [-0.2, 0) is 14.8 Å². The van der Waals surface area contributed by atoms with Crippen LogP contribution in [0.5, 0.6) is 0 Å². The summed E-state index contributed by atoms with van der Waals surface area (Å²) >= 11 is 0. The van der Waals surface area contributed by atoms with Crippen LogP contribution in [-0.4, -0.2) is 67.2 Å². The van der Waals surface area contributed by atoms with E-state index >= 15 is 0 Å². The molecule has 0 aliphatic carbocycles. The Labute approximate surface area is 145 Å². The van der Waals surface area contributed by atoms with Crippen LogP contribution in [0.2, 0.25) is 0 Å². The van der Waals surface area contributed by atoms with Gasteiger partial charge in [0.05, 0.1) is 9.82 Å². The van der Waals surface area contributed by atoms with Crippen LogP contribution in [0, 0.1) is 10.1 Å². The van der Waals surface area contributed by atoms with Crippen molar-refractivity contribution in [2.24, 2.45) is 0 Å². The molecule has 2 fully saturated rings. The molecule has 0 spiro atoms. The first-order valence-electron chi connectivity index (χ1n) is 8.17. The van der Waals surface area contributed by atoms with Crippen molar-refractivity contribution >= 4 is 21.6 Å². The zero-order chi connectivity index (χ0) is 18.0. The molecule has 2 aliphatic rings. The van der Waals surface area contributed by atoms with E-state index in [0.29, 0.717) is 39.0 Å². The van der Waals surface area contributed by atoms with Crippen molar-refractivity contribution in [3.05, 3.63) is 34.4 Å². The van der Waals surface area contributed by atoms with Gasteiger partial charge in [-0.3, -0.25) is 14.9 Å². The highest BCUT2D eigenvalue weighted by atomic mass is 32.2. The van der Waals surface area contributed by atoms with Gasteiger partial charge in [0.15, 0.2) is 0 Å². The van der Waals surface area contributed by atoms with Gasteiger partial charge < -0.3 is 10.2 Å². The fraction of sp³-hybridized carbons (Fsp3) is 0.533. The van der Waals surface area contributed by atoms with Gasteiger partial charge in [0.25, 0.3) is 5.69 Å². The number of hydrogen-bond acceptors (Lipinski definition) is 6. The number of carbonyl (C=O) groups excluding carboxylic acids is 1. The van der Waals surface area contributed by atoms with Crippen LogP contribution in [0.4, 0.5) is 5.69 Å². The zero-order valence-electron chi connectivity index (χ0n) is 13.6. The first-order valence-corrected chi connectivity index (χ1v) is 9.61. The normalized spacial score (nSPS) is 22.1. The molecule has 0 aromatic heterocycles. The number of amides is 1. The third-order valence-electron chi connectivity index (χ3n) is 4.57. The maximum absolute atomic E-state index is 12.9. The minimum absolute atomic E-state index is 0.0295. The number of benzene rings is 1. The summed E-state index contributed by atoms with van der Waals surface area (Å²) in [6.45, 7) is 2.82. The molecule has 25 heavy (non-hydrogen) atoms. The van der Waals surface area contributed by atoms with Crippen molar-refractivity contribution in [3.8, 4) is 0 Å². The van der Waals surface area contributed by atoms with Crippen molar-refractivity contribution in [2.45, 2.75) is 23.8 Å². The van der Waals surface area contributed by atoms with E-state index in [4.69, 9.17) is 0 Å². The van der Waals surface area contributed by atoms with Crippen molar-refractivity contribution in [3.63, 3.8) is 0 Å². The van der Waals surface area contributed by atoms with Crippen LogP contribution in [0.3, 0.4) is 0 Å². The standard InChI is InChI=1S/C15H20N4O5S/c20-15(17-10-7-16-8-11-17)14-2-1-9-18(14)25(23,24)13-5-3-12(4-6-13)19(21)22/h3-6,14,16H,1-2,7-11H2. The molecule has 1 atom stereocenters. The maximum atomic E-state index is 12.9. The fourth-order valence-corrected chi connectivity index (χ4v) is 4.90. The Kier molecular flexibility index (Phi) is 5.02. The van der Waals surface area contributed by atoms with Gasteiger partial charge in [0.2, 0.25) is 15.9 Å². The van der Waals surface area contributed by atoms with Gasteiger partial charge in [-0.2, -0.15) is 4.31 Å². The molecule has 2 heterocycles. The lowest BCUT2D eigenvalue weighted by Gasteiger charge is -2.32. The number of carbonyl (C=O) groups is 1. The first-order chi connectivity index (χ1) is 11.9. The Hall–Kier alpha value is -2.04. The molecule has 1 aromatic rings. The van der Waals surface area contributed by atoms with Gasteiger partial charge in [-0.25, -0.2) is 8.42 Å². The summed E-state index contributed by atoms with van der Waals surface area (Å²) in [4.78, 5) is 24.5. The highest BCUT2D eigenvalue weighted by Gasteiger charge is 2.41. The molecule has 1 N–H and O–H groups in total. The monoisotopic (exact) mass is 368 g/mol. The number of hydrogen-bond donors (Lipinski definition) is 1. The molecular weight excluding hydrogens is 348 g/mol. The molecule has 1 unspecified atom stereocenters. The van der Waals surface area contributed by atoms with Crippen LogP contribution >= 0.6 is 0 Å². The molecule has 2 saturated heterocycles. The number of rotatable bonds is 4. The van der Waals surface area contributed by atoms with E-state index in [0.717, 1.165) is 12.1 Å². The minimum atomic E-state index is -3.87. The Balaban J connectivity index is 1.82. The zero-order valence-corrected chi connectivity index (χ0v) is 14.4. The molecule has 136 valence electrons. The number of nitrogens with zero attached hydrogens (tertiary/aromatic N) is 3. The summed E-state index contributed by atoms with van der Waals surface area (Å²) in [5.41, 5.74) is -0.172. The number of piperazine rings is 1. The van der Waals surface area contributed by atoms with E-state index in [-0.39, 0.29) is 23.0 Å². The smallest absolute Gasteiger partial charge is 0.269 e. The van der Waals surface area contributed by atoms with Crippen LogP contribution < -0.4 is 5.32 Å². The second-order valence-corrected chi connectivity index (χ2v) is 7.99. The van der Waals surface area contributed by atoms with E-state index in [2.05, 4.69) is 5.32 Å². The Bertz CT molecular complexity index is 759. The van der Waals surface area contributed by atoms with Crippen LogP contribution in [0.1, 0.15) is 12.8 Å². The molecular formula is C15H20N4O5S. The summed E-state index contributed by atoms with van der Waals surface area (Å²) in [6, 6.07) is 4.07. The number of sulfonamides is 1. The second kappa shape index (κ2) is 7.06. The van der Waals surface area contributed by atoms with Gasteiger partial charge in [-0.15, -0.1) is 0 Å². The fourth-order valence-electron chi connectivity index (χ4n) is 3.25. The summed E-state index contributed by atoms with van der Waals surface area (Å²) in [7, 11) is -3.87. The lowest BCUT2D eigenvalue weighted by Crippen LogP contribution is -2.53. The molecule has 1 amide bonds. The second-order valence-electron chi connectivity index (χ2n) is 6.10. The van der Waals surface area contributed by atoms with E-state index in [9.17, 15) is 23.3 Å². The van der Waals surface area contributed by atoms with E-state index in [1.54, 1.807) is 4.90 Å². The lowest BCUT2D eigenvalue weighted by molar-refractivity contribution is -0.384. The summed E-state index contributed by atoms with van der Waals surface area (Å²) < 4.78 is 27.0. The summed E-state index contributed by atoms with van der Waals surface area (Å²) in [5, 5.41) is 13.9. The number of nitro benzene ring substituents is 1. The molecule has 0 radical (unpaired) electrons. The average Bonchev–Trinajstić information content (AvgIpc) is 3.12. The first kappa shape index (κ1) is 17.8. The van der Waals surface area contributed by atoms with Crippen LogP contribution in [0.25, 0.3) is 0 Å². The van der Waals surface area contributed by atoms with Gasteiger partial charge in [-0.1, -0.05) is 0 Å². The SMILES string of the molecule is O=C(C1CCCN1S(=O)(=O)c1ccc([N+](=O)[O-])cc1)N1CCNCC1. The third kappa shape index (κ3) is 3.51. The quantitative estimate of drug-likeness (QED) is 0.599. The molecule has 9 nitrogen and oxygen atoms in total. The predicted octanol–water partition coefficient (Wildman–Crippen LogP) is 0.180. The number of non-ortho nitro benzene ring substituents is 1. The van der Waals surface area contributed by atoms with E-state index in [1.807, 2.05) is 0 Å². The van der Waals surface area contributed by atoms with Crippen molar-refractivity contribution in [1.82, 2.24) is 14.5 Å². The topological polar surface area (TPSA) is 113 Å². The molecule has 3 rings (SSSR count). The third-order valence-corrected chi connectivity index (χ3v) is 6.49. The average molecular weight is 368 g/mol. The molecule has 0 saturated carbocycles. The van der Waals surface area contributed by atoms with Crippen LogP contribution in [0.15, 0.2) is 29.2 Å². The van der Waals surface area contributed by atoms with Gasteiger partial charge in [-0.05, 0) is 25.0 Å². The lowest BCUT2D eigenvalue weighted by atomic mass is 10.2. The molecule has 2 aliphatic heterocycles. The molecule has 10 heteroatoms. The van der Waals surface area contributed by atoms with Gasteiger partial charge in [0, 0.05) is 44.9 Å². The number of nitrogens with one attached hydrogen (secondary N) is 1. The largest absolute Gasteiger partial charge is 0.339 e. The van der Waals surface area contributed by atoms with Gasteiger partial charge in [0.1, 0.15) is 6.04 Å². The Morgan fingerprint density at radius 1 is 1.16 bits per heavy atom. The highest BCUT2D eigenvalue weighted by Crippen LogP contribution is 2.28. The van der Waals surface area contributed by atoms with E-state index in [1.165, 1.54) is 16.4 Å². The minimum Gasteiger partial charge on any atom is -0.339 e. The summed E-state index contributed by atoms with van der Waals surface area (Å²) in [6.07, 6.45) is 1.11. The number of nitro groups is 1. The van der Waals surface area contributed by atoms with Crippen molar-refractivity contribution in [2.75, 3.05) is 32.7 Å². The molecule has 0 bridgehead atoms. The van der Waals surface area contributed by atoms with E-state index < -0.39 is 21.0 Å². The van der Waals surface area contributed by atoms with Crippen molar-refractivity contribution < 1.29 is 18.1 Å². The predicted molar refractivity (Wildman–Crippen MR) is 89.5 cm³/mol. The Morgan fingerprint density at radius 3 is 2.40 bits per heavy atom.